The number of benzene rings is 1. The fourth-order valence-corrected chi connectivity index (χ4v) is 1.78. The first-order chi connectivity index (χ1) is 8.82. The third-order valence-corrected chi connectivity index (χ3v) is 2.73. The number of aliphatic hydroxyl groups excluding tert-OH is 1. The lowest BCUT2D eigenvalue weighted by Gasteiger charge is -2.19. The predicted molar refractivity (Wildman–Crippen MR) is 76.2 cm³/mol. The third-order valence-electron chi connectivity index (χ3n) is 2.30. The number of rotatable bonds is 5. The van der Waals surface area contributed by atoms with Crippen LogP contribution in [0.5, 0.6) is 0 Å². The third kappa shape index (κ3) is 6.07. The Morgan fingerprint density at radius 1 is 1.37 bits per heavy atom. The summed E-state index contributed by atoms with van der Waals surface area (Å²) in [5.41, 5.74) is -0.635. The molecule has 3 N–H and O–H groups in total. The van der Waals surface area contributed by atoms with E-state index in [4.69, 9.17) is 28.3 Å². The number of hydrogen-bond donors (Lipinski definition) is 3. The van der Waals surface area contributed by atoms with Gasteiger partial charge in [-0.25, -0.2) is 0 Å². The van der Waals surface area contributed by atoms with Crippen LogP contribution in [0.15, 0.2) is 24.3 Å². The van der Waals surface area contributed by atoms with Gasteiger partial charge in [-0.2, -0.15) is 0 Å². The number of carbonyl (C=O) groups excluding carboxylic acids is 1. The molecule has 19 heavy (non-hydrogen) atoms. The Kier molecular flexibility index (Phi) is 5.82. The monoisotopic (exact) mass is 303 g/mol. The van der Waals surface area contributed by atoms with Gasteiger partial charge < -0.3 is 15.5 Å². The minimum absolute atomic E-state index is 0.0387. The average Bonchev–Trinajstić information content (AvgIpc) is 2.33. The largest absolute Gasteiger partial charge is 0.393 e. The Bertz CT molecular complexity index is 467. The SMILES string of the molecule is CC(O)(CO)CNC(=O)C=Cc1cc(Cl)cc(Cl)c1. The van der Waals surface area contributed by atoms with Gasteiger partial charge in [0.15, 0.2) is 0 Å². The van der Waals surface area contributed by atoms with Crippen LogP contribution in [-0.2, 0) is 4.79 Å². The highest BCUT2D eigenvalue weighted by molar-refractivity contribution is 6.34. The van der Waals surface area contributed by atoms with Crippen molar-refractivity contribution in [1.82, 2.24) is 5.32 Å². The fourth-order valence-electron chi connectivity index (χ4n) is 1.24. The fraction of sp³-hybridized carbons (Fsp3) is 0.308. The topological polar surface area (TPSA) is 69.6 Å². The first-order valence-electron chi connectivity index (χ1n) is 5.58. The van der Waals surface area contributed by atoms with Crippen molar-refractivity contribution in [2.24, 2.45) is 0 Å². The highest BCUT2D eigenvalue weighted by Crippen LogP contribution is 2.19. The second-order valence-corrected chi connectivity index (χ2v) is 5.28. The van der Waals surface area contributed by atoms with E-state index in [0.717, 1.165) is 0 Å². The van der Waals surface area contributed by atoms with Crippen molar-refractivity contribution in [3.05, 3.63) is 39.9 Å². The highest BCUT2D eigenvalue weighted by Gasteiger charge is 2.18. The maximum absolute atomic E-state index is 11.5. The summed E-state index contributed by atoms with van der Waals surface area (Å²) in [5, 5.41) is 21.8. The molecule has 4 nitrogen and oxygen atoms in total. The zero-order valence-corrected chi connectivity index (χ0v) is 11.9. The van der Waals surface area contributed by atoms with Crippen LogP contribution in [0.2, 0.25) is 10.0 Å². The molecule has 104 valence electrons. The van der Waals surface area contributed by atoms with E-state index in [0.29, 0.717) is 15.6 Å². The summed E-state index contributed by atoms with van der Waals surface area (Å²) in [6.45, 7) is 0.956. The number of nitrogens with one attached hydrogen (secondary N) is 1. The van der Waals surface area contributed by atoms with Crippen LogP contribution in [0, 0.1) is 0 Å². The first-order valence-corrected chi connectivity index (χ1v) is 6.33. The van der Waals surface area contributed by atoms with Crippen LogP contribution in [0.1, 0.15) is 12.5 Å². The van der Waals surface area contributed by atoms with E-state index in [1.807, 2.05) is 0 Å². The smallest absolute Gasteiger partial charge is 0.244 e. The van der Waals surface area contributed by atoms with Gasteiger partial charge in [0.05, 0.1) is 6.61 Å². The lowest BCUT2D eigenvalue weighted by molar-refractivity contribution is -0.117. The van der Waals surface area contributed by atoms with Gasteiger partial charge in [-0.05, 0) is 36.8 Å². The predicted octanol–water partition coefficient (Wildman–Crippen LogP) is 1.87. The normalized spacial score (nSPS) is 14.4. The van der Waals surface area contributed by atoms with Crippen molar-refractivity contribution in [2.45, 2.75) is 12.5 Å². The Hall–Kier alpha value is -1.07. The summed E-state index contributed by atoms with van der Waals surface area (Å²) in [4.78, 5) is 11.5. The van der Waals surface area contributed by atoms with Gasteiger partial charge in [0.1, 0.15) is 5.60 Å². The molecule has 0 spiro atoms. The first kappa shape index (κ1) is 16.0. The van der Waals surface area contributed by atoms with Crippen molar-refractivity contribution in [3.63, 3.8) is 0 Å². The van der Waals surface area contributed by atoms with E-state index in [2.05, 4.69) is 5.32 Å². The minimum atomic E-state index is -1.33. The Balaban J connectivity index is 2.59. The van der Waals surface area contributed by atoms with Gasteiger partial charge in [0.2, 0.25) is 5.91 Å². The van der Waals surface area contributed by atoms with Crippen LogP contribution in [-0.4, -0.2) is 34.9 Å². The van der Waals surface area contributed by atoms with Crippen molar-refractivity contribution in [2.75, 3.05) is 13.2 Å². The number of amides is 1. The minimum Gasteiger partial charge on any atom is -0.393 e. The molecule has 6 heteroatoms. The number of carbonyl (C=O) groups is 1. The summed E-state index contributed by atoms with van der Waals surface area (Å²) in [7, 11) is 0. The summed E-state index contributed by atoms with van der Waals surface area (Å²) in [6.07, 6.45) is 2.86. The van der Waals surface area contributed by atoms with Crippen molar-refractivity contribution < 1.29 is 15.0 Å². The van der Waals surface area contributed by atoms with Crippen molar-refractivity contribution in [3.8, 4) is 0 Å². The summed E-state index contributed by atoms with van der Waals surface area (Å²) in [5.74, 6) is -0.384. The summed E-state index contributed by atoms with van der Waals surface area (Å²) in [6, 6.07) is 4.93. The van der Waals surface area contributed by atoms with Crippen molar-refractivity contribution in [1.29, 1.82) is 0 Å². The molecule has 1 unspecified atom stereocenters. The molecule has 0 heterocycles. The molecule has 1 aromatic carbocycles. The number of hydrogen-bond acceptors (Lipinski definition) is 3. The molecule has 1 rings (SSSR count). The molecule has 0 aliphatic carbocycles. The molecule has 0 aliphatic rings. The maximum atomic E-state index is 11.5. The highest BCUT2D eigenvalue weighted by atomic mass is 35.5. The van der Waals surface area contributed by atoms with Gasteiger partial charge >= 0.3 is 0 Å². The molecule has 0 bridgehead atoms. The van der Waals surface area contributed by atoms with Gasteiger partial charge in [0, 0.05) is 22.7 Å². The molecule has 0 aliphatic heterocycles. The zero-order valence-electron chi connectivity index (χ0n) is 10.4. The molecule has 0 fully saturated rings. The van der Waals surface area contributed by atoms with Crippen LogP contribution in [0.25, 0.3) is 6.08 Å². The summed E-state index contributed by atoms with van der Waals surface area (Å²) >= 11 is 11.7. The lowest BCUT2D eigenvalue weighted by Crippen LogP contribution is -2.42. The Morgan fingerprint density at radius 2 is 1.95 bits per heavy atom. The molecule has 0 aromatic heterocycles. The van der Waals surface area contributed by atoms with Crippen LogP contribution >= 0.6 is 23.2 Å². The Morgan fingerprint density at radius 3 is 2.47 bits per heavy atom. The number of halogens is 2. The second-order valence-electron chi connectivity index (χ2n) is 4.41. The van der Waals surface area contributed by atoms with Gasteiger partial charge in [0.25, 0.3) is 0 Å². The number of aliphatic hydroxyl groups is 2. The van der Waals surface area contributed by atoms with E-state index in [1.165, 1.54) is 13.0 Å². The van der Waals surface area contributed by atoms with E-state index >= 15 is 0 Å². The molecule has 1 atom stereocenters. The molecular formula is C13H15Cl2NO3. The standard InChI is InChI=1S/C13H15Cl2NO3/c1-13(19,8-17)7-16-12(18)3-2-9-4-10(14)6-11(15)5-9/h2-6,17,19H,7-8H2,1H3,(H,16,18). The van der Waals surface area contributed by atoms with Crippen LogP contribution < -0.4 is 5.32 Å². The van der Waals surface area contributed by atoms with E-state index in [-0.39, 0.29) is 12.5 Å². The van der Waals surface area contributed by atoms with E-state index in [1.54, 1.807) is 24.3 Å². The molecule has 1 aromatic rings. The van der Waals surface area contributed by atoms with E-state index < -0.39 is 12.2 Å². The Labute approximate surface area is 121 Å². The quantitative estimate of drug-likeness (QED) is 0.727. The van der Waals surface area contributed by atoms with Crippen LogP contribution in [0.4, 0.5) is 0 Å². The average molecular weight is 304 g/mol. The van der Waals surface area contributed by atoms with Crippen LogP contribution in [0.3, 0.4) is 0 Å². The summed E-state index contributed by atoms with van der Waals surface area (Å²) < 4.78 is 0. The zero-order chi connectivity index (χ0) is 14.5. The molecular weight excluding hydrogens is 289 g/mol. The molecule has 0 radical (unpaired) electrons. The maximum Gasteiger partial charge on any atom is 0.244 e. The molecule has 0 saturated carbocycles. The lowest BCUT2D eigenvalue weighted by atomic mass is 10.1. The molecule has 1 amide bonds. The van der Waals surface area contributed by atoms with Gasteiger partial charge in [-0.15, -0.1) is 0 Å². The molecule has 0 saturated heterocycles. The van der Waals surface area contributed by atoms with Crippen molar-refractivity contribution >= 4 is 35.2 Å². The van der Waals surface area contributed by atoms with Gasteiger partial charge in [-0.1, -0.05) is 23.2 Å². The van der Waals surface area contributed by atoms with Gasteiger partial charge in [-0.3, -0.25) is 4.79 Å². The second kappa shape index (κ2) is 6.91. The van der Waals surface area contributed by atoms with E-state index in [9.17, 15) is 9.90 Å².